The molecule has 0 radical (unpaired) electrons. The summed E-state index contributed by atoms with van der Waals surface area (Å²) in [6.45, 7) is -0.467. The maximum Gasteiger partial charge on any atom is 0.186 e. The highest BCUT2D eigenvalue weighted by Crippen LogP contribution is 2.10. The quantitative estimate of drug-likeness (QED) is 0.414. The van der Waals surface area contributed by atoms with Crippen molar-refractivity contribution < 1.29 is 14.6 Å². The summed E-state index contributed by atoms with van der Waals surface area (Å²) < 4.78 is 4.93. The number of benzene rings is 1. The maximum atomic E-state index is 10.2. The van der Waals surface area contributed by atoms with E-state index in [1.54, 1.807) is 37.5 Å². The van der Waals surface area contributed by atoms with Crippen LogP contribution in [0.15, 0.2) is 29.4 Å². The third-order valence-corrected chi connectivity index (χ3v) is 2.14. The summed E-state index contributed by atoms with van der Waals surface area (Å²) in [5, 5.41) is 17.2. The van der Waals surface area contributed by atoms with E-state index >= 15 is 0 Å². The van der Waals surface area contributed by atoms with Gasteiger partial charge in [-0.15, -0.1) is 0 Å². The molecule has 0 aliphatic heterocycles. The molecule has 0 aromatic heterocycles. The van der Waals surface area contributed by atoms with Crippen molar-refractivity contribution >= 4 is 29.5 Å². The molecule has 6 nitrogen and oxygen atoms in total. The van der Waals surface area contributed by atoms with E-state index in [0.717, 1.165) is 5.56 Å². The van der Waals surface area contributed by atoms with Crippen LogP contribution in [0, 0.1) is 0 Å². The molecule has 0 unspecified atom stereocenters. The first-order chi connectivity index (χ1) is 8.61. The van der Waals surface area contributed by atoms with Gasteiger partial charge in [0.2, 0.25) is 0 Å². The van der Waals surface area contributed by atoms with Crippen molar-refractivity contribution in [1.29, 1.82) is 0 Å². The van der Waals surface area contributed by atoms with Gasteiger partial charge in [-0.05, 0) is 42.0 Å². The highest BCUT2D eigenvalue weighted by molar-refractivity contribution is 7.80. The number of thiocarbonyl (C=S) groups is 1. The van der Waals surface area contributed by atoms with E-state index in [4.69, 9.17) is 17.0 Å². The fraction of sp³-hybridized carbons (Fsp3) is 0.182. The molecule has 18 heavy (non-hydrogen) atoms. The maximum absolute atomic E-state index is 10.2. The van der Waals surface area contributed by atoms with E-state index in [9.17, 15) is 9.90 Å². The molecule has 0 amide bonds. The van der Waals surface area contributed by atoms with Gasteiger partial charge in [-0.25, -0.2) is 0 Å². The van der Waals surface area contributed by atoms with Gasteiger partial charge >= 0.3 is 0 Å². The molecule has 0 atom stereocenters. The number of ether oxygens (including phenoxy) is 1. The Bertz CT molecular complexity index is 445. The average molecular weight is 266 g/mol. The molecule has 1 rings (SSSR count). The van der Waals surface area contributed by atoms with Crippen molar-refractivity contribution in [3.8, 4) is 5.75 Å². The summed E-state index contributed by atoms with van der Waals surface area (Å²) in [7, 11) is 1.69. The SMILES string of the molecule is CNC(=S)N/N=C\c1ccc(OCC(=O)[O-])cc1. The van der Waals surface area contributed by atoms with Crippen LogP contribution in [-0.2, 0) is 4.79 Å². The summed E-state index contributed by atoms with van der Waals surface area (Å²) in [6, 6.07) is 6.75. The summed E-state index contributed by atoms with van der Waals surface area (Å²) in [6.07, 6.45) is 1.58. The van der Waals surface area contributed by atoms with Gasteiger partial charge in [0.15, 0.2) is 5.11 Å². The van der Waals surface area contributed by atoms with Crippen LogP contribution < -0.4 is 20.6 Å². The Hall–Kier alpha value is -2.15. The number of carboxylic acids is 1. The molecule has 0 aliphatic carbocycles. The molecular weight excluding hydrogens is 254 g/mol. The van der Waals surface area contributed by atoms with Crippen LogP contribution in [0.25, 0.3) is 0 Å². The number of carboxylic acid groups (broad SMARTS) is 1. The van der Waals surface area contributed by atoms with Gasteiger partial charge in [0.1, 0.15) is 12.4 Å². The van der Waals surface area contributed by atoms with Gasteiger partial charge in [0.05, 0.1) is 12.2 Å². The smallest absolute Gasteiger partial charge is 0.186 e. The third-order valence-electron chi connectivity index (χ3n) is 1.84. The van der Waals surface area contributed by atoms with E-state index < -0.39 is 12.6 Å². The van der Waals surface area contributed by atoms with Gasteiger partial charge in [-0.3, -0.25) is 5.43 Å². The Balaban J connectivity index is 2.49. The number of hydrogen-bond acceptors (Lipinski definition) is 5. The first kappa shape index (κ1) is 13.9. The molecule has 1 aromatic carbocycles. The molecule has 0 bridgehead atoms. The van der Waals surface area contributed by atoms with E-state index in [-0.39, 0.29) is 0 Å². The molecule has 2 N–H and O–H groups in total. The zero-order chi connectivity index (χ0) is 13.4. The summed E-state index contributed by atoms with van der Waals surface area (Å²) in [4.78, 5) is 10.2. The van der Waals surface area contributed by atoms with Crippen molar-refractivity contribution in [3.05, 3.63) is 29.8 Å². The second-order valence-electron chi connectivity index (χ2n) is 3.18. The first-order valence-electron chi connectivity index (χ1n) is 5.05. The molecule has 0 saturated carbocycles. The fourth-order valence-electron chi connectivity index (χ4n) is 1.01. The molecule has 1 aromatic rings. The van der Waals surface area contributed by atoms with E-state index in [1.165, 1.54) is 0 Å². The van der Waals surface area contributed by atoms with Crippen LogP contribution in [0.5, 0.6) is 5.75 Å². The topological polar surface area (TPSA) is 85.8 Å². The second-order valence-corrected chi connectivity index (χ2v) is 3.59. The third kappa shape index (κ3) is 5.26. The van der Waals surface area contributed by atoms with Crippen molar-refractivity contribution in [2.45, 2.75) is 0 Å². The van der Waals surface area contributed by atoms with Crippen LogP contribution in [0.1, 0.15) is 5.56 Å². The number of aliphatic carboxylic acids is 1. The largest absolute Gasteiger partial charge is 0.546 e. The molecule has 0 aliphatic rings. The number of nitrogens with zero attached hydrogens (tertiary/aromatic N) is 1. The molecule has 7 heteroatoms. The van der Waals surface area contributed by atoms with Crippen LogP contribution in [0.2, 0.25) is 0 Å². The standard InChI is InChI=1S/C11H13N3O3S/c1-12-11(18)14-13-6-8-2-4-9(5-3-8)17-7-10(15)16/h2-6H,7H2,1H3,(H,15,16)(H2,12,14,18)/p-1/b13-6-. The number of hydrazone groups is 1. The normalized spacial score (nSPS) is 10.1. The Labute approximate surface area is 110 Å². The number of nitrogens with one attached hydrogen (secondary N) is 2. The number of carbonyl (C=O) groups excluding carboxylic acids is 1. The lowest BCUT2D eigenvalue weighted by molar-refractivity contribution is -0.307. The monoisotopic (exact) mass is 266 g/mol. The van der Waals surface area contributed by atoms with E-state index in [0.29, 0.717) is 10.9 Å². The minimum Gasteiger partial charge on any atom is -0.546 e. The molecule has 0 spiro atoms. The zero-order valence-electron chi connectivity index (χ0n) is 9.67. The highest BCUT2D eigenvalue weighted by Gasteiger charge is 1.94. The van der Waals surface area contributed by atoms with Crippen LogP contribution in [0.3, 0.4) is 0 Å². The fourth-order valence-corrected chi connectivity index (χ4v) is 1.07. The van der Waals surface area contributed by atoms with Crippen LogP contribution in [-0.4, -0.2) is 31.0 Å². The second kappa shape index (κ2) is 7.23. The average Bonchev–Trinajstić information content (AvgIpc) is 2.37. The van der Waals surface area contributed by atoms with Gasteiger partial charge in [-0.2, -0.15) is 5.10 Å². The molecule has 0 heterocycles. The Morgan fingerprint density at radius 2 is 2.17 bits per heavy atom. The molecule has 96 valence electrons. The van der Waals surface area contributed by atoms with Gasteiger partial charge in [0.25, 0.3) is 0 Å². The number of carbonyl (C=O) groups is 1. The number of hydrogen-bond donors (Lipinski definition) is 2. The van der Waals surface area contributed by atoms with Crippen molar-refractivity contribution in [2.75, 3.05) is 13.7 Å². The lowest BCUT2D eigenvalue weighted by atomic mass is 10.2. The summed E-state index contributed by atoms with van der Waals surface area (Å²) in [5.41, 5.74) is 3.43. The molecule has 0 saturated heterocycles. The highest BCUT2D eigenvalue weighted by atomic mass is 32.1. The predicted octanol–water partition coefficient (Wildman–Crippen LogP) is -0.757. The molecular formula is C11H12N3O3S-. The summed E-state index contributed by atoms with van der Waals surface area (Å²) >= 11 is 4.83. The van der Waals surface area contributed by atoms with Gasteiger partial charge in [-0.1, -0.05) is 0 Å². The molecule has 0 fully saturated rings. The first-order valence-corrected chi connectivity index (χ1v) is 5.46. The number of rotatable bonds is 5. The predicted molar refractivity (Wildman–Crippen MR) is 69.3 cm³/mol. The Morgan fingerprint density at radius 3 is 2.72 bits per heavy atom. The van der Waals surface area contributed by atoms with Crippen molar-refractivity contribution in [1.82, 2.24) is 10.7 Å². The summed E-state index contributed by atoms with van der Waals surface area (Å²) in [5.74, 6) is -0.805. The lowest BCUT2D eigenvalue weighted by Crippen LogP contribution is -2.28. The Morgan fingerprint density at radius 1 is 1.50 bits per heavy atom. The minimum atomic E-state index is -1.26. The zero-order valence-corrected chi connectivity index (χ0v) is 10.5. The minimum absolute atomic E-state index is 0.417. The Kier molecular flexibility index (Phi) is 5.59. The van der Waals surface area contributed by atoms with Crippen molar-refractivity contribution in [2.24, 2.45) is 5.10 Å². The van der Waals surface area contributed by atoms with E-state index in [2.05, 4.69) is 15.8 Å². The van der Waals surface area contributed by atoms with Gasteiger partial charge in [0, 0.05) is 7.05 Å². The van der Waals surface area contributed by atoms with Crippen LogP contribution in [0.4, 0.5) is 0 Å². The van der Waals surface area contributed by atoms with Gasteiger partial charge < -0.3 is 20.0 Å². The lowest BCUT2D eigenvalue weighted by Gasteiger charge is -2.06. The van der Waals surface area contributed by atoms with Crippen LogP contribution >= 0.6 is 12.2 Å². The van der Waals surface area contributed by atoms with Crippen molar-refractivity contribution in [3.63, 3.8) is 0 Å². The van der Waals surface area contributed by atoms with E-state index in [1.807, 2.05) is 0 Å².